The number of ether oxygens (including phenoxy) is 2. The van der Waals surface area contributed by atoms with Gasteiger partial charge < -0.3 is 20.5 Å². The largest absolute Gasteiger partial charge is 0.493 e. The van der Waals surface area contributed by atoms with E-state index in [1.165, 1.54) is 19.3 Å². The maximum atomic E-state index is 12.3. The second-order valence-electron chi connectivity index (χ2n) is 6.73. The van der Waals surface area contributed by atoms with Gasteiger partial charge in [0.1, 0.15) is 0 Å². The maximum Gasteiger partial charge on any atom is 0.220 e. The van der Waals surface area contributed by atoms with E-state index in [4.69, 9.17) is 15.2 Å². The van der Waals surface area contributed by atoms with Crippen molar-refractivity contribution in [1.82, 2.24) is 5.32 Å². The predicted octanol–water partition coefficient (Wildman–Crippen LogP) is 3.08. The molecule has 5 nitrogen and oxygen atoms in total. The van der Waals surface area contributed by atoms with Crippen molar-refractivity contribution in [1.29, 1.82) is 0 Å². The van der Waals surface area contributed by atoms with E-state index in [1.807, 2.05) is 18.2 Å². The van der Waals surface area contributed by atoms with Crippen molar-refractivity contribution in [3.63, 3.8) is 0 Å². The van der Waals surface area contributed by atoms with Crippen molar-refractivity contribution in [2.45, 2.75) is 44.9 Å². The van der Waals surface area contributed by atoms with Crippen LogP contribution in [0.3, 0.4) is 0 Å². The van der Waals surface area contributed by atoms with Gasteiger partial charge in [0.2, 0.25) is 5.91 Å². The number of hydrogen-bond acceptors (Lipinski definition) is 4. The summed E-state index contributed by atoms with van der Waals surface area (Å²) < 4.78 is 10.5. The van der Waals surface area contributed by atoms with E-state index in [2.05, 4.69) is 5.32 Å². The molecule has 0 aromatic heterocycles. The summed E-state index contributed by atoms with van der Waals surface area (Å²) in [7, 11) is 3.25. The number of halogens is 1. The summed E-state index contributed by atoms with van der Waals surface area (Å²) in [4.78, 5) is 12.3. The third-order valence-electron chi connectivity index (χ3n) is 5.07. The van der Waals surface area contributed by atoms with Crippen LogP contribution < -0.4 is 20.5 Å². The van der Waals surface area contributed by atoms with E-state index in [-0.39, 0.29) is 23.7 Å². The Morgan fingerprint density at radius 2 is 1.84 bits per heavy atom. The Labute approximate surface area is 157 Å². The molecule has 25 heavy (non-hydrogen) atoms. The maximum absolute atomic E-state index is 12.3. The van der Waals surface area contributed by atoms with Crippen molar-refractivity contribution in [3.05, 3.63) is 23.8 Å². The molecule has 3 N–H and O–H groups in total. The minimum absolute atomic E-state index is 0. The molecule has 1 aliphatic rings. The molecule has 0 radical (unpaired) electrons. The molecule has 2 rings (SSSR count). The Hall–Kier alpha value is -1.46. The van der Waals surface area contributed by atoms with Crippen LogP contribution in [0.1, 0.15) is 44.1 Å². The number of nitrogens with two attached hydrogens (primary N) is 1. The minimum atomic E-state index is 0. The van der Waals surface area contributed by atoms with Gasteiger partial charge in [0, 0.05) is 13.0 Å². The van der Waals surface area contributed by atoms with Crippen LogP contribution in [0.5, 0.6) is 11.5 Å². The van der Waals surface area contributed by atoms with Crippen molar-refractivity contribution in [2.24, 2.45) is 11.1 Å². The molecular weight excluding hydrogens is 340 g/mol. The van der Waals surface area contributed by atoms with Crippen LogP contribution in [-0.2, 0) is 11.2 Å². The summed E-state index contributed by atoms with van der Waals surface area (Å²) >= 11 is 0. The summed E-state index contributed by atoms with van der Waals surface area (Å²) in [6, 6.07) is 5.84. The first-order valence-corrected chi connectivity index (χ1v) is 8.80. The first-order chi connectivity index (χ1) is 11.6. The van der Waals surface area contributed by atoms with Gasteiger partial charge in [0.05, 0.1) is 14.2 Å². The van der Waals surface area contributed by atoms with Crippen molar-refractivity contribution >= 4 is 18.3 Å². The fourth-order valence-electron chi connectivity index (χ4n) is 3.54. The lowest BCUT2D eigenvalue weighted by Gasteiger charge is -2.35. The van der Waals surface area contributed by atoms with E-state index in [0.29, 0.717) is 31.0 Å². The zero-order valence-electron chi connectivity index (χ0n) is 15.3. The summed E-state index contributed by atoms with van der Waals surface area (Å²) in [6.07, 6.45) is 7.12. The molecule has 142 valence electrons. The first kappa shape index (κ1) is 21.6. The van der Waals surface area contributed by atoms with Crippen LogP contribution >= 0.6 is 12.4 Å². The molecule has 6 heteroatoms. The van der Waals surface area contributed by atoms with Gasteiger partial charge in [0.25, 0.3) is 0 Å². The topological polar surface area (TPSA) is 73.6 Å². The molecule has 0 aliphatic heterocycles. The molecule has 0 spiro atoms. The second kappa shape index (κ2) is 10.5. The molecule has 1 aromatic carbocycles. The summed E-state index contributed by atoms with van der Waals surface area (Å²) in [5.74, 6) is 1.54. The van der Waals surface area contributed by atoms with Gasteiger partial charge in [-0.2, -0.15) is 0 Å². The zero-order valence-corrected chi connectivity index (χ0v) is 16.1. The minimum Gasteiger partial charge on any atom is -0.493 e. The predicted molar refractivity (Wildman–Crippen MR) is 103 cm³/mol. The number of benzene rings is 1. The number of rotatable bonds is 8. The van der Waals surface area contributed by atoms with Gasteiger partial charge in [-0.3, -0.25) is 4.79 Å². The van der Waals surface area contributed by atoms with Crippen LogP contribution in [0.4, 0.5) is 0 Å². The first-order valence-electron chi connectivity index (χ1n) is 8.80. The van der Waals surface area contributed by atoms with Crippen LogP contribution in [0.15, 0.2) is 18.2 Å². The number of methoxy groups -OCH3 is 2. The average Bonchev–Trinajstić information content (AvgIpc) is 2.62. The number of amides is 1. The third-order valence-corrected chi connectivity index (χ3v) is 5.07. The lowest BCUT2D eigenvalue weighted by molar-refractivity contribution is -0.123. The van der Waals surface area contributed by atoms with Crippen LogP contribution in [0, 0.1) is 5.41 Å². The van der Waals surface area contributed by atoms with Crippen molar-refractivity contribution < 1.29 is 14.3 Å². The van der Waals surface area contributed by atoms with Gasteiger partial charge >= 0.3 is 0 Å². The van der Waals surface area contributed by atoms with Crippen LogP contribution in [0.2, 0.25) is 0 Å². The number of carbonyl (C=O) groups excluding carboxylic acids is 1. The second-order valence-corrected chi connectivity index (χ2v) is 6.73. The number of nitrogens with one attached hydrogen (secondary N) is 1. The molecule has 0 saturated heterocycles. The average molecular weight is 371 g/mol. The Balaban J connectivity index is 0.00000312. The fourth-order valence-corrected chi connectivity index (χ4v) is 3.54. The third kappa shape index (κ3) is 6.08. The van der Waals surface area contributed by atoms with Gasteiger partial charge in [-0.25, -0.2) is 0 Å². The normalized spacial score (nSPS) is 15.8. The lowest BCUT2D eigenvalue weighted by atomic mass is 9.71. The number of carbonyl (C=O) groups is 1. The van der Waals surface area contributed by atoms with Gasteiger partial charge in [-0.15, -0.1) is 12.4 Å². The van der Waals surface area contributed by atoms with E-state index < -0.39 is 0 Å². The SMILES string of the molecule is COc1ccc(CCNC(=O)CC2(CN)CCCCC2)cc1OC.Cl. The van der Waals surface area contributed by atoms with E-state index in [0.717, 1.165) is 24.8 Å². The molecule has 1 saturated carbocycles. The molecule has 1 aliphatic carbocycles. The summed E-state index contributed by atoms with van der Waals surface area (Å²) in [5.41, 5.74) is 7.09. The Morgan fingerprint density at radius 3 is 2.44 bits per heavy atom. The highest BCUT2D eigenvalue weighted by Gasteiger charge is 2.32. The fraction of sp³-hybridized carbons (Fsp3) is 0.632. The Morgan fingerprint density at radius 1 is 1.16 bits per heavy atom. The molecular formula is C19H31ClN2O3. The Bertz CT molecular complexity index is 545. The molecule has 0 bridgehead atoms. The lowest BCUT2D eigenvalue weighted by Crippen LogP contribution is -2.39. The van der Waals surface area contributed by atoms with Crippen LogP contribution in [-0.4, -0.2) is 33.2 Å². The van der Waals surface area contributed by atoms with E-state index in [9.17, 15) is 4.79 Å². The molecule has 1 amide bonds. The highest BCUT2D eigenvalue weighted by atomic mass is 35.5. The smallest absolute Gasteiger partial charge is 0.220 e. The van der Waals surface area contributed by atoms with Crippen molar-refractivity contribution in [2.75, 3.05) is 27.3 Å². The molecule has 1 aromatic rings. The van der Waals surface area contributed by atoms with Gasteiger partial charge in [0.15, 0.2) is 11.5 Å². The monoisotopic (exact) mass is 370 g/mol. The molecule has 0 unspecified atom stereocenters. The highest BCUT2D eigenvalue weighted by Crippen LogP contribution is 2.38. The van der Waals surface area contributed by atoms with Crippen LogP contribution in [0.25, 0.3) is 0 Å². The molecule has 0 heterocycles. The molecule has 1 fully saturated rings. The number of hydrogen-bond donors (Lipinski definition) is 2. The van der Waals surface area contributed by atoms with E-state index >= 15 is 0 Å². The van der Waals surface area contributed by atoms with E-state index in [1.54, 1.807) is 14.2 Å². The quantitative estimate of drug-likeness (QED) is 0.737. The summed E-state index contributed by atoms with van der Waals surface area (Å²) in [6.45, 7) is 1.23. The van der Waals surface area contributed by atoms with Crippen molar-refractivity contribution in [3.8, 4) is 11.5 Å². The van der Waals surface area contributed by atoms with Gasteiger partial charge in [-0.1, -0.05) is 25.3 Å². The standard InChI is InChI=1S/C19H30N2O3.ClH/c1-23-16-7-6-15(12-17(16)24-2)8-11-21-18(22)13-19(14-20)9-4-3-5-10-19;/h6-7,12H,3-5,8-11,13-14,20H2,1-2H3,(H,21,22);1H. The summed E-state index contributed by atoms with van der Waals surface area (Å²) in [5, 5.41) is 3.04. The highest BCUT2D eigenvalue weighted by molar-refractivity contribution is 5.85. The molecule has 0 atom stereocenters. The van der Waals surface area contributed by atoms with Gasteiger partial charge in [-0.05, 0) is 48.9 Å². The Kier molecular flexibility index (Phi) is 9.08. The zero-order chi connectivity index (χ0) is 17.4.